The minimum Gasteiger partial charge on any atom is -0.493 e. The van der Waals surface area contributed by atoms with Gasteiger partial charge >= 0.3 is 0 Å². The SMILES string of the molecule is COc1ccc(C=NNC(=O)COc2cc(C(C)C)ccc2C)cc1OC. The molecule has 0 spiro atoms. The minimum absolute atomic E-state index is 0.105. The van der Waals surface area contributed by atoms with Crippen LogP contribution >= 0.6 is 0 Å². The normalized spacial score (nSPS) is 10.9. The van der Waals surface area contributed by atoms with Gasteiger partial charge in [0.1, 0.15) is 5.75 Å². The molecule has 0 aliphatic heterocycles. The van der Waals surface area contributed by atoms with Gasteiger partial charge in [-0.1, -0.05) is 26.0 Å². The van der Waals surface area contributed by atoms with Crippen molar-refractivity contribution in [2.24, 2.45) is 5.10 Å². The number of aryl methyl sites for hydroxylation is 1. The van der Waals surface area contributed by atoms with E-state index in [4.69, 9.17) is 14.2 Å². The van der Waals surface area contributed by atoms with Crippen molar-refractivity contribution in [3.63, 3.8) is 0 Å². The molecule has 0 saturated carbocycles. The summed E-state index contributed by atoms with van der Waals surface area (Å²) < 4.78 is 16.1. The second-order valence-electron chi connectivity index (χ2n) is 6.38. The Bertz CT molecular complexity index is 816. The number of nitrogens with zero attached hydrogens (tertiary/aromatic N) is 1. The van der Waals surface area contributed by atoms with Crippen LogP contribution in [0.4, 0.5) is 0 Å². The van der Waals surface area contributed by atoms with E-state index in [-0.39, 0.29) is 12.5 Å². The number of ether oxygens (including phenoxy) is 3. The first-order valence-corrected chi connectivity index (χ1v) is 8.72. The summed E-state index contributed by atoms with van der Waals surface area (Å²) in [5.74, 6) is 2.00. The molecule has 0 bridgehead atoms. The fourth-order valence-electron chi connectivity index (χ4n) is 2.42. The second kappa shape index (κ2) is 9.62. The Balaban J connectivity index is 1.91. The molecule has 2 rings (SSSR count). The van der Waals surface area contributed by atoms with Crippen molar-refractivity contribution in [2.75, 3.05) is 20.8 Å². The lowest BCUT2D eigenvalue weighted by molar-refractivity contribution is -0.123. The summed E-state index contributed by atoms with van der Waals surface area (Å²) >= 11 is 0. The van der Waals surface area contributed by atoms with Gasteiger partial charge in [0, 0.05) is 0 Å². The average Bonchev–Trinajstić information content (AvgIpc) is 2.66. The first-order chi connectivity index (χ1) is 12.9. The number of carbonyl (C=O) groups is 1. The standard InChI is InChI=1S/C21H26N2O4/c1-14(2)17-8-6-15(3)19(11-17)27-13-21(24)23-22-12-16-7-9-18(25-4)20(10-16)26-5/h6-12,14H,13H2,1-5H3,(H,23,24). The molecule has 6 heteroatoms. The number of hydrogen-bond acceptors (Lipinski definition) is 5. The van der Waals surface area contributed by atoms with Gasteiger partial charge in [-0.3, -0.25) is 4.79 Å². The maximum absolute atomic E-state index is 12.0. The molecule has 2 aromatic carbocycles. The zero-order valence-corrected chi connectivity index (χ0v) is 16.4. The number of carbonyl (C=O) groups excluding carboxylic acids is 1. The Hall–Kier alpha value is -3.02. The monoisotopic (exact) mass is 370 g/mol. The van der Waals surface area contributed by atoms with Gasteiger partial charge in [-0.25, -0.2) is 5.43 Å². The van der Waals surface area contributed by atoms with Gasteiger partial charge in [0.2, 0.25) is 0 Å². The molecule has 144 valence electrons. The highest BCUT2D eigenvalue weighted by Crippen LogP contribution is 2.27. The van der Waals surface area contributed by atoms with Gasteiger partial charge < -0.3 is 14.2 Å². The van der Waals surface area contributed by atoms with Gasteiger partial charge in [0.25, 0.3) is 5.91 Å². The summed E-state index contributed by atoms with van der Waals surface area (Å²) in [5.41, 5.74) is 5.39. The Morgan fingerprint density at radius 2 is 1.81 bits per heavy atom. The lowest BCUT2D eigenvalue weighted by Gasteiger charge is -2.12. The van der Waals surface area contributed by atoms with E-state index in [1.54, 1.807) is 26.4 Å². The zero-order chi connectivity index (χ0) is 19.8. The van der Waals surface area contributed by atoms with E-state index in [9.17, 15) is 4.79 Å². The first kappa shape index (κ1) is 20.3. The summed E-state index contributed by atoms with van der Waals surface area (Å²) in [6.45, 7) is 6.08. The Morgan fingerprint density at radius 3 is 2.48 bits per heavy atom. The third-order valence-electron chi connectivity index (χ3n) is 4.05. The number of methoxy groups -OCH3 is 2. The minimum atomic E-state index is -0.332. The number of hydrogen-bond donors (Lipinski definition) is 1. The van der Waals surface area contributed by atoms with Crippen molar-refractivity contribution >= 4 is 12.1 Å². The predicted molar refractivity (Wildman–Crippen MR) is 106 cm³/mol. The fourth-order valence-corrected chi connectivity index (χ4v) is 2.42. The molecule has 2 aromatic rings. The molecular formula is C21H26N2O4. The van der Waals surface area contributed by atoms with E-state index in [1.807, 2.05) is 25.1 Å². The molecule has 0 unspecified atom stereocenters. The van der Waals surface area contributed by atoms with E-state index in [2.05, 4.69) is 30.4 Å². The molecule has 0 radical (unpaired) electrons. The fraction of sp³-hybridized carbons (Fsp3) is 0.333. The van der Waals surface area contributed by atoms with Crippen molar-refractivity contribution in [3.05, 3.63) is 53.1 Å². The Labute approximate surface area is 160 Å². The number of benzene rings is 2. The Kier molecular flexibility index (Phi) is 7.23. The van der Waals surface area contributed by atoms with Crippen LogP contribution in [0.25, 0.3) is 0 Å². The summed E-state index contributed by atoms with van der Waals surface area (Å²) in [6.07, 6.45) is 1.53. The van der Waals surface area contributed by atoms with Gasteiger partial charge in [-0.15, -0.1) is 0 Å². The predicted octanol–water partition coefficient (Wildman–Crippen LogP) is 3.66. The second-order valence-corrected chi connectivity index (χ2v) is 6.38. The molecular weight excluding hydrogens is 344 g/mol. The maximum atomic E-state index is 12.0. The van der Waals surface area contributed by atoms with Gasteiger partial charge in [-0.05, 0) is 53.8 Å². The van der Waals surface area contributed by atoms with Crippen molar-refractivity contribution in [2.45, 2.75) is 26.7 Å². The van der Waals surface area contributed by atoms with Crippen LogP contribution in [0.5, 0.6) is 17.2 Å². The van der Waals surface area contributed by atoms with Crippen molar-refractivity contribution < 1.29 is 19.0 Å². The van der Waals surface area contributed by atoms with Crippen molar-refractivity contribution in [3.8, 4) is 17.2 Å². The number of amides is 1. The maximum Gasteiger partial charge on any atom is 0.277 e. The zero-order valence-electron chi connectivity index (χ0n) is 16.4. The van der Waals surface area contributed by atoms with E-state index >= 15 is 0 Å². The first-order valence-electron chi connectivity index (χ1n) is 8.72. The summed E-state index contributed by atoms with van der Waals surface area (Å²) in [6, 6.07) is 11.4. The number of nitrogens with one attached hydrogen (secondary N) is 1. The lowest BCUT2D eigenvalue weighted by atomic mass is 10.0. The molecule has 0 saturated heterocycles. The molecule has 0 atom stereocenters. The molecule has 27 heavy (non-hydrogen) atoms. The average molecular weight is 370 g/mol. The van der Waals surface area contributed by atoms with Crippen LogP contribution in [-0.4, -0.2) is 32.9 Å². The van der Waals surface area contributed by atoms with Gasteiger partial charge in [0.05, 0.1) is 20.4 Å². The van der Waals surface area contributed by atoms with Crippen LogP contribution < -0.4 is 19.6 Å². The summed E-state index contributed by atoms with van der Waals surface area (Å²) in [4.78, 5) is 12.0. The van der Waals surface area contributed by atoms with Gasteiger partial charge in [-0.2, -0.15) is 5.10 Å². The van der Waals surface area contributed by atoms with E-state index < -0.39 is 0 Å². The van der Waals surface area contributed by atoms with E-state index in [0.717, 1.165) is 11.1 Å². The molecule has 0 aliphatic carbocycles. The van der Waals surface area contributed by atoms with E-state index in [0.29, 0.717) is 23.2 Å². The summed E-state index contributed by atoms with van der Waals surface area (Å²) in [7, 11) is 3.14. The highest BCUT2D eigenvalue weighted by molar-refractivity contribution is 5.83. The molecule has 6 nitrogen and oxygen atoms in total. The number of hydrazone groups is 1. The third kappa shape index (κ3) is 5.74. The quantitative estimate of drug-likeness (QED) is 0.569. The van der Waals surface area contributed by atoms with Crippen molar-refractivity contribution in [1.29, 1.82) is 0 Å². The Morgan fingerprint density at radius 1 is 1.07 bits per heavy atom. The molecule has 1 N–H and O–H groups in total. The molecule has 0 aliphatic rings. The molecule has 0 fully saturated rings. The smallest absolute Gasteiger partial charge is 0.277 e. The lowest BCUT2D eigenvalue weighted by Crippen LogP contribution is -2.24. The van der Waals surface area contributed by atoms with E-state index in [1.165, 1.54) is 11.8 Å². The van der Waals surface area contributed by atoms with Crippen LogP contribution in [0.3, 0.4) is 0 Å². The number of rotatable bonds is 8. The highest BCUT2D eigenvalue weighted by atomic mass is 16.5. The molecule has 0 aromatic heterocycles. The van der Waals surface area contributed by atoms with Crippen LogP contribution in [0.2, 0.25) is 0 Å². The third-order valence-corrected chi connectivity index (χ3v) is 4.05. The van der Waals surface area contributed by atoms with Crippen LogP contribution in [0.1, 0.15) is 36.5 Å². The molecule has 0 heterocycles. The van der Waals surface area contributed by atoms with Crippen LogP contribution in [0.15, 0.2) is 41.5 Å². The van der Waals surface area contributed by atoms with Crippen molar-refractivity contribution in [1.82, 2.24) is 5.43 Å². The van der Waals surface area contributed by atoms with Crippen LogP contribution in [0, 0.1) is 6.92 Å². The highest BCUT2D eigenvalue weighted by Gasteiger charge is 2.07. The summed E-state index contributed by atoms with van der Waals surface area (Å²) in [5, 5.41) is 3.95. The largest absolute Gasteiger partial charge is 0.493 e. The topological polar surface area (TPSA) is 69.2 Å². The van der Waals surface area contributed by atoms with Gasteiger partial charge in [0.15, 0.2) is 18.1 Å². The van der Waals surface area contributed by atoms with Crippen LogP contribution in [-0.2, 0) is 4.79 Å². The molecule has 1 amide bonds.